The van der Waals surface area contributed by atoms with Crippen LogP contribution >= 0.6 is 0 Å². The summed E-state index contributed by atoms with van der Waals surface area (Å²) in [5.41, 5.74) is 2.63. The Labute approximate surface area is 161 Å². The number of nitrogens with zero attached hydrogens (tertiary/aromatic N) is 4. The van der Waals surface area contributed by atoms with Gasteiger partial charge in [0, 0.05) is 49.9 Å². The predicted molar refractivity (Wildman–Crippen MR) is 107 cm³/mol. The number of hydrogen-bond donors (Lipinski definition) is 0. The van der Waals surface area contributed by atoms with E-state index in [1.807, 2.05) is 18.2 Å². The van der Waals surface area contributed by atoms with Gasteiger partial charge in [-0.1, -0.05) is 36.4 Å². The topological polar surface area (TPSA) is 73.3 Å². The number of benzene rings is 2. The van der Waals surface area contributed by atoms with Crippen LogP contribution < -0.4 is 5.69 Å². The highest BCUT2D eigenvalue weighted by Crippen LogP contribution is 2.18. The summed E-state index contributed by atoms with van der Waals surface area (Å²) in [4.78, 5) is 25.6. The lowest BCUT2D eigenvalue weighted by Gasteiger charge is -2.27. The van der Waals surface area contributed by atoms with Crippen molar-refractivity contribution in [3.63, 3.8) is 0 Å². The Kier molecular flexibility index (Phi) is 4.90. The highest BCUT2D eigenvalue weighted by atomic mass is 16.6. The Morgan fingerprint density at radius 1 is 0.964 bits per heavy atom. The van der Waals surface area contributed by atoms with Gasteiger partial charge in [0.1, 0.15) is 0 Å². The molecule has 1 aliphatic rings. The van der Waals surface area contributed by atoms with E-state index in [2.05, 4.69) is 23.1 Å². The molecule has 0 saturated heterocycles. The molecule has 0 aliphatic carbocycles. The maximum atomic E-state index is 12.9. The molecule has 0 unspecified atom stereocenters. The monoisotopic (exact) mass is 376 g/mol. The van der Waals surface area contributed by atoms with Gasteiger partial charge in [0.2, 0.25) is 0 Å². The van der Waals surface area contributed by atoms with Gasteiger partial charge in [0.05, 0.1) is 10.6 Å². The molecule has 0 fully saturated rings. The normalized spacial score (nSPS) is 14.6. The Hall–Kier alpha value is -3.45. The van der Waals surface area contributed by atoms with E-state index < -0.39 is 4.92 Å². The van der Waals surface area contributed by atoms with Gasteiger partial charge in [-0.2, -0.15) is 0 Å². The van der Waals surface area contributed by atoms with Gasteiger partial charge in [-0.15, -0.1) is 0 Å². The average molecular weight is 376 g/mol. The summed E-state index contributed by atoms with van der Waals surface area (Å²) in [6.07, 6.45) is 6.43. The summed E-state index contributed by atoms with van der Waals surface area (Å²) in [5, 5.41) is 10.8. The lowest BCUT2D eigenvalue weighted by molar-refractivity contribution is -0.384. The predicted octanol–water partition coefficient (Wildman–Crippen LogP) is 3.29. The molecule has 7 nitrogen and oxygen atoms in total. The van der Waals surface area contributed by atoms with Gasteiger partial charge in [-0.25, -0.2) is 4.79 Å². The molecule has 0 N–H and O–H groups in total. The first kappa shape index (κ1) is 17.9. The number of non-ortho nitro benzene ring substituents is 1. The van der Waals surface area contributed by atoms with Gasteiger partial charge in [0.15, 0.2) is 0 Å². The van der Waals surface area contributed by atoms with Crippen LogP contribution in [0.25, 0.3) is 11.4 Å². The fourth-order valence-electron chi connectivity index (χ4n) is 3.46. The van der Waals surface area contributed by atoms with Crippen LogP contribution in [0.2, 0.25) is 0 Å². The molecule has 0 bridgehead atoms. The number of nitro benzene ring substituents is 1. The Balaban J connectivity index is 1.54. The quantitative estimate of drug-likeness (QED) is 0.506. The van der Waals surface area contributed by atoms with E-state index in [0.29, 0.717) is 12.2 Å². The molecular weight excluding hydrogens is 356 g/mol. The van der Waals surface area contributed by atoms with E-state index in [4.69, 9.17) is 0 Å². The zero-order valence-corrected chi connectivity index (χ0v) is 15.3. The first-order chi connectivity index (χ1) is 13.6. The van der Waals surface area contributed by atoms with Gasteiger partial charge >= 0.3 is 5.69 Å². The standard InChI is InChI=1S/C21H20N4O3/c26-21-23(18-8-10-19(11-9-18)25(27)28)13-14-24(21)20-7-4-12-22(16-20)15-17-5-2-1-3-6-17/h1-3,5-11,13-14H,4,12,15-16H2. The molecule has 7 heteroatoms. The van der Waals surface area contributed by atoms with E-state index in [0.717, 1.165) is 25.2 Å². The van der Waals surface area contributed by atoms with Gasteiger partial charge in [0.25, 0.3) is 5.69 Å². The molecule has 28 heavy (non-hydrogen) atoms. The van der Waals surface area contributed by atoms with Crippen LogP contribution in [-0.4, -0.2) is 32.0 Å². The highest BCUT2D eigenvalue weighted by molar-refractivity contribution is 5.49. The number of nitro groups is 1. The third-order valence-corrected chi connectivity index (χ3v) is 4.89. The molecule has 2 heterocycles. The fraction of sp³-hybridized carbons (Fsp3) is 0.190. The number of rotatable bonds is 5. The van der Waals surface area contributed by atoms with Crippen molar-refractivity contribution in [3.05, 3.63) is 99.2 Å². The average Bonchev–Trinajstić information content (AvgIpc) is 3.10. The number of aromatic nitrogens is 2. The molecule has 0 amide bonds. The summed E-state index contributed by atoms with van der Waals surface area (Å²) in [7, 11) is 0. The number of imidazole rings is 1. The zero-order valence-electron chi connectivity index (χ0n) is 15.3. The van der Waals surface area contributed by atoms with Crippen molar-refractivity contribution >= 4 is 11.4 Å². The highest BCUT2D eigenvalue weighted by Gasteiger charge is 2.17. The minimum Gasteiger partial charge on any atom is -0.293 e. The molecule has 1 aliphatic heterocycles. The Bertz CT molecular complexity index is 1070. The van der Waals surface area contributed by atoms with E-state index in [1.54, 1.807) is 29.1 Å². The van der Waals surface area contributed by atoms with E-state index in [1.165, 1.54) is 22.3 Å². The third kappa shape index (κ3) is 3.65. The lowest BCUT2D eigenvalue weighted by atomic mass is 10.1. The SMILES string of the molecule is O=c1n(C2=CCCN(Cc3ccccc3)C2)ccn1-c1ccc([N+](=O)[O-])cc1. The van der Waals surface area contributed by atoms with Crippen LogP contribution in [0.1, 0.15) is 12.0 Å². The molecule has 0 saturated carbocycles. The zero-order chi connectivity index (χ0) is 19.5. The van der Waals surface area contributed by atoms with Crippen molar-refractivity contribution < 1.29 is 4.92 Å². The van der Waals surface area contributed by atoms with Crippen LogP contribution in [0.3, 0.4) is 0 Å². The molecule has 142 valence electrons. The summed E-state index contributed by atoms with van der Waals surface area (Å²) < 4.78 is 3.15. The maximum Gasteiger partial charge on any atom is 0.337 e. The van der Waals surface area contributed by atoms with Gasteiger partial charge in [-0.05, 0) is 24.1 Å². The molecule has 2 aromatic carbocycles. The molecule has 0 spiro atoms. The molecule has 0 atom stereocenters. The second-order valence-corrected chi connectivity index (χ2v) is 6.77. The van der Waals surface area contributed by atoms with Crippen LogP contribution in [0.15, 0.2) is 77.9 Å². The third-order valence-electron chi connectivity index (χ3n) is 4.89. The second kappa shape index (κ2) is 7.66. The first-order valence-corrected chi connectivity index (χ1v) is 9.12. The first-order valence-electron chi connectivity index (χ1n) is 9.12. The Morgan fingerprint density at radius 2 is 1.68 bits per heavy atom. The van der Waals surface area contributed by atoms with Crippen molar-refractivity contribution in [2.45, 2.75) is 13.0 Å². The van der Waals surface area contributed by atoms with E-state index in [9.17, 15) is 14.9 Å². The van der Waals surface area contributed by atoms with E-state index >= 15 is 0 Å². The summed E-state index contributed by atoms with van der Waals surface area (Å²) in [6.45, 7) is 2.49. The van der Waals surface area contributed by atoms with Crippen molar-refractivity contribution in [2.24, 2.45) is 0 Å². The second-order valence-electron chi connectivity index (χ2n) is 6.77. The summed E-state index contributed by atoms with van der Waals surface area (Å²) in [5.74, 6) is 0. The molecular formula is C21H20N4O3. The maximum absolute atomic E-state index is 12.9. The van der Waals surface area contributed by atoms with Crippen molar-refractivity contribution in [2.75, 3.05) is 13.1 Å². The molecule has 4 rings (SSSR count). The van der Waals surface area contributed by atoms with Crippen LogP contribution in [0, 0.1) is 10.1 Å². The summed E-state index contributed by atoms with van der Waals surface area (Å²) in [6, 6.07) is 16.3. The van der Waals surface area contributed by atoms with Crippen molar-refractivity contribution in [1.82, 2.24) is 14.0 Å². The largest absolute Gasteiger partial charge is 0.337 e. The van der Waals surface area contributed by atoms with Crippen LogP contribution in [0.4, 0.5) is 5.69 Å². The lowest BCUT2D eigenvalue weighted by Crippen LogP contribution is -2.33. The molecule has 0 radical (unpaired) electrons. The molecule has 3 aromatic rings. The van der Waals surface area contributed by atoms with Gasteiger partial charge < -0.3 is 0 Å². The minimum atomic E-state index is -0.452. The van der Waals surface area contributed by atoms with Crippen molar-refractivity contribution in [1.29, 1.82) is 0 Å². The summed E-state index contributed by atoms with van der Waals surface area (Å²) >= 11 is 0. The van der Waals surface area contributed by atoms with Crippen molar-refractivity contribution in [3.8, 4) is 5.69 Å². The number of hydrogen-bond acceptors (Lipinski definition) is 4. The fourth-order valence-corrected chi connectivity index (χ4v) is 3.46. The minimum absolute atomic E-state index is 0.00257. The Morgan fingerprint density at radius 3 is 2.39 bits per heavy atom. The van der Waals surface area contributed by atoms with Crippen LogP contribution in [-0.2, 0) is 6.54 Å². The molecule has 1 aromatic heterocycles. The van der Waals surface area contributed by atoms with Crippen LogP contribution in [0.5, 0.6) is 0 Å². The smallest absolute Gasteiger partial charge is 0.293 e. The van der Waals surface area contributed by atoms with Gasteiger partial charge in [-0.3, -0.25) is 24.1 Å². The van der Waals surface area contributed by atoms with E-state index in [-0.39, 0.29) is 11.4 Å².